The van der Waals surface area contributed by atoms with E-state index in [9.17, 15) is 19.1 Å². The van der Waals surface area contributed by atoms with E-state index in [-0.39, 0.29) is 24.3 Å². The molecular weight excluding hydrogens is 249 g/mol. The predicted octanol–water partition coefficient (Wildman–Crippen LogP) is 1.78. The number of aliphatic hydroxyl groups is 1. The summed E-state index contributed by atoms with van der Waals surface area (Å²) in [5.41, 5.74) is 0.816. The fourth-order valence-electron chi connectivity index (χ4n) is 2.25. The zero-order valence-corrected chi connectivity index (χ0v) is 10.7. The molecular formula is C14H16FNO3. The average molecular weight is 265 g/mol. The Balaban J connectivity index is 2.11. The molecule has 5 heteroatoms. The Morgan fingerprint density at radius 3 is 2.16 bits per heavy atom. The minimum Gasteiger partial charge on any atom is -0.390 e. The van der Waals surface area contributed by atoms with Gasteiger partial charge in [-0.25, -0.2) is 4.39 Å². The molecule has 1 aliphatic heterocycles. The van der Waals surface area contributed by atoms with E-state index in [1.165, 1.54) is 4.90 Å². The molecule has 102 valence electrons. The molecule has 2 rings (SSSR count). The van der Waals surface area contributed by atoms with E-state index >= 15 is 0 Å². The van der Waals surface area contributed by atoms with Crippen LogP contribution in [0.4, 0.5) is 4.39 Å². The van der Waals surface area contributed by atoms with Crippen LogP contribution in [0.3, 0.4) is 0 Å². The van der Waals surface area contributed by atoms with E-state index in [4.69, 9.17) is 0 Å². The van der Waals surface area contributed by atoms with Crippen LogP contribution in [-0.2, 0) is 0 Å². The van der Waals surface area contributed by atoms with Crippen molar-refractivity contribution < 1.29 is 19.1 Å². The van der Waals surface area contributed by atoms with Crippen molar-refractivity contribution in [2.45, 2.75) is 31.9 Å². The first-order valence-corrected chi connectivity index (χ1v) is 6.27. The molecule has 1 aliphatic rings. The van der Waals surface area contributed by atoms with Crippen molar-refractivity contribution in [2.24, 2.45) is 0 Å². The highest BCUT2D eigenvalue weighted by atomic mass is 19.1. The summed E-state index contributed by atoms with van der Waals surface area (Å²) in [6.07, 6.45) is -0.417. The third kappa shape index (κ3) is 2.51. The highest BCUT2D eigenvalue weighted by Gasteiger charge is 2.37. The van der Waals surface area contributed by atoms with Crippen LogP contribution < -0.4 is 0 Å². The van der Waals surface area contributed by atoms with Gasteiger partial charge in [-0.15, -0.1) is 0 Å². The van der Waals surface area contributed by atoms with Gasteiger partial charge in [0.15, 0.2) is 0 Å². The number of alkyl halides is 1. The first-order valence-electron chi connectivity index (χ1n) is 6.27. The number of fused-ring (bicyclic) bond motifs is 1. The predicted molar refractivity (Wildman–Crippen MR) is 67.6 cm³/mol. The van der Waals surface area contributed by atoms with Gasteiger partial charge in [0, 0.05) is 6.04 Å². The monoisotopic (exact) mass is 265 g/mol. The molecule has 0 saturated heterocycles. The number of halogens is 1. The fourth-order valence-corrected chi connectivity index (χ4v) is 2.25. The van der Waals surface area contributed by atoms with Crippen LogP contribution >= 0.6 is 0 Å². The zero-order chi connectivity index (χ0) is 14.0. The fraction of sp³-hybridized carbons (Fsp3) is 0.429. The number of hydrogen-bond acceptors (Lipinski definition) is 3. The molecule has 0 aromatic heterocycles. The molecule has 0 spiro atoms. The van der Waals surface area contributed by atoms with E-state index < -0.39 is 12.8 Å². The number of imide groups is 1. The third-order valence-electron chi connectivity index (χ3n) is 3.36. The van der Waals surface area contributed by atoms with Gasteiger partial charge >= 0.3 is 0 Å². The van der Waals surface area contributed by atoms with E-state index in [0.29, 0.717) is 17.5 Å². The lowest BCUT2D eigenvalue weighted by molar-refractivity contribution is 0.0563. The maximum atomic E-state index is 12.2. The van der Waals surface area contributed by atoms with Crippen LogP contribution in [0.15, 0.2) is 24.3 Å². The van der Waals surface area contributed by atoms with Gasteiger partial charge in [-0.05, 0) is 31.9 Å². The molecule has 2 amide bonds. The maximum absolute atomic E-state index is 12.2. The normalized spacial score (nSPS) is 17.5. The summed E-state index contributed by atoms with van der Waals surface area (Å²) in [7, 11) is 0. The minimum absolute atomic E-state index is 0.227. The Bertz CT molecular complexity index is 468. The van der Waals surface area contributed by atoms with Crippen LogP contribution in [-0.4, -0.2) is 40.6 Å². The highest BCUT2D eigenvalue weighted by molar-refractivity contribution is 6.21. The maximum Gasteiger partial charge on any atom is 0.261 e. The molecule has 1 N–H and O–H groups in total. The summed E-state index contributed by atoms with van der Waals surface area (Å²) in [6.45, 7) is 0.918. The minimum atomic E-state index is -1.03. The van der Waals surface area contributed by atoms with Crippen molar-refractivity contribution in [3.8, 4) is 0 Å². The number of carbonyl (C=O) groups is 2. The molecule has 19 heavy (non-hydrogen) atoms. The Morgan fingerprint density at radius 2 is 1.68 bits per heavy atom. The second-order valence-electron chi connectivity index (χ2n) is 4.76. The Kier molecular flexibility index (Phi) is 3.95. The quantitative estimate of drug-likeness (QED) is 0.826. The Morgan fingerprint density at radius 1 is 1.16 bits per heavy atom. The average Bonchev–Trinajstić information content (AvgIpc) is 2.68. The summed E-state index contributed by atoms with van der Waals surface area (Å²) < 4.78 is 12.2. The van der Waals surface area contributed by atoms with Crippen molar-refractivity contribution >= 4 is 11.8 Å². The van der Waals surface area contributed by atoms with Gasteiger partial charge in [0.1, 0.15) is 6.67 Å². The second kappa shape index (κ2) is 5.48. The molecule has 0 saturated carbocycles. The Labute approximate surface area is 110 Å². The van der Waals surface area contributed by atoms with Crippen LogP contribution in [0.2, 0.25) is 0 Å². The van der Waals surface area contributed by atoms with Gasteiger partial charge in [-0.1, -0.05) is 12.1 Å². The van der Waals surface area contributed by atoms with Gasteiger partial charge in [-0.2, -0.15) is 0 Å². The lowest BCUT2D eigenvalue weighted by atomic mass is 10.1. The topological polar surface area (TPSA) is 57.6 Å². The van der Waals surface area contributed by atoms with E-state index in [0.717, 1.165) is 0 Å². The molecule has 0 radical (unpaired) electrons. The van der Waals surface area contributed by atoms with Crippen molar-refractivity contribution in [1.29, 1.82) is 0 Å². The van der Waals surface area contributed by atoms with Crippen molar-refractivity contribution in [1.82, 2.24) is 4.90 Å². The van der Waals surface area contributed by atoms with Gasteiger partial charge < -0.3 is 5.11 Å². The standard InChI is InChI=1S/C14H16FNO3/c1-9(6-7-10(17)8-15)16-13(18)11-4-2-3-5-12(11)14(16)19/h2-5,9-10,17H,6-8H2,1H3. The molecule has 0 bridgehead atoms. The van der Waals surface area contributed by atoms with Crippen molar-refractivity contribution in [3.05, 3.63) is 35.4 Å². The van der Waals surface area contributed by atoms with Crippen molar-refractivity contribution in [3.63, 3.8) is 0 Å². The van der Waals surface area contributed by atoms with Gasteiger partial charge in [-0.3, -0.25) is 14.5 Å². The first-order chi connectivity index (χ1) is 9.06. The summed E-state index contributed by atoms with van der Waals surface area (Å²) in [4.78, 5) is 25.5. The summed E-state index contributed by atoms with van der Waals surface area (Å²) >= 11 is 0. The molecule has 2 atom stereocenters. The van der Waals surface area contributed by atoms with Gasteiger partial charge in [0.2, 0.25) is 0 Å². The van der Waals surface area contributed by atoms with E-state index in [1.807, 2.05) is 0 Å². The molecule has 1 heterocycles. The summed E-state index contributed by atoms with van der Waals surface area (Å²) in [6, 6.07) is 6.32. The van der Waals surface area contributed by atoms with E-state index in [2.05, 4.69) is 0 Å². The summed E-state index contributed by atoms with van der Waals surface area (Å²) in [5, 5.41) is 9.19. The largest absolute Gasteiger partial charge is 0.390 e. The number of nitrogens with zero attached hydrogens (tertiary/aromatic N) is 1. The lowest BCUT2D eigenvalue weighted by Gasteiger charge is -2.23. The van der Waals surface area contributed by atoms with Crippen LogP contribution in [0, 0.1) is 0 Å². The van der Waals surface area contributed by atoms with Crippen molar-refractivity contribution in [2.75, 3.05) is 6.67 Å². The second-order valence-corrected chi connectivity index (χ2v) is 4.76. The van der Waals surface area contributed by atoms with E-state index in [1.54, 1.807) is 31.2 Å². The van der Waals surface area contributed by atoms with Crippen LogP contribution in [0.1, 0.15) is 40.5 Å². The number of aliphatic hydroxyl groups excluding tert-OH is 1. The van der Waals surface area contributed by atoms with Crippen LogP contribution in [0.25, 0.3) is 0 Å². The summed E-state index contributed by atoms with van der Waals surface area (Å²) in [5.74, 6) is -0.634. The smallest absolute Gasteiger partial charge is 0.261 e. The SMILES string of the molecule is CC(CCC(O)CF)N1C(=O)c2ccccc2C1=O. The Hall–Kier alpha value is -1.75. The molecule has 1 aromatic carbocycles. The third-order valence-corrected chi connectivity index (χ3v) is 3.36. The molecule has 0 fully saturated rings. The molecule has 4 nitrogen and oxygen atoms in total. The lowest BCUT2D eigenvalue weighted by Crippen LogP contribution is -2.38. The molecule has 2 unspecified atom stereocenters. The highest BCUT2D eigenvalue weighted by Crippen LogP contribution is 2.25. The zero-order valence-electron chi connectivity index (χ0n) is 10.7. The van der Waals surface area contributed by atoms with Gasteiger partial charge in [0.05, 0.1) is 17.2 Å². The number of rotatable bonds is 5. The molecule has 0 aliphatic carbocycles. The van der Waals surface area contributed by atoms with Gasteiger partial charge in [0.25, 0.3) is 11.8 Å². The first kappa shape index (κ1) is 13.7. The number of carbonyl (C=O) groups excluding carboxylic acids is 2. The molecule has 1 aromatic rings. The number of benzene rings is 1. The number of amides is 2. The number of hydrogen-bond donors (Lipinski definition) is 1. The van der Waals surface area contributed by atoms with Crippen LogP contribution in [0.5, 0.6) is 0 Å².